The van der Waals surface area contributed by atoms with Crippen molar-refractivity contribution in [3.63, 3.8) is 0 Å². The number of aliphatic hydroxyl groups is 2. The Labute approximate surface area is 96.5 Å². The summed E-state index contributed by atoms with van der Waals surface area (Å²) >= 11 is 11.9. The maximum absolute atomic E-state index is 9.12. The van der Waals surface area contributed by atoms with Crippen molar-refractivity contribution in [3.05, 3.63) is 33.9 Å². The molecule has 0 radical (unpaired) electrons. The zero-order chi connectivity index (χ0) is 11.2. The van der Waals surface area contributed by atoms with Crippen LogP contribution in [0.3, 0.4) is 0 Å². The third-order valence-electron chi connectivity index (χ3n) is 2.42. The van der Waals surface area contributed by atoms with Gasteiger partial charge in [-0.05, 0) is 18.2 Å². The van der Waals surface area contributed by atoms with Crippen LogP contribution < -0.4 is 0 Å². The van der Waals surface area contributed by atoms with Crippen LogP contribution in [0.4, 0.5) is 0 Å². The number of halogens is 2. The fourth-order valence-corrected chi connectivity index (χ4v) is 2.00. The Balaban J connectivity index is 2.82. The highest BCUT2D eigenvalue weighted by molar-refractivity contribution is 6.45. The van der Waals surface area contributed by atoms with Gasteiger partial charge in [0.1, 0.15) is 0 Å². The number of fused-ring (bicyclic) bond motifs is 1. The Kier molecular flexibility index (Phi) is 2.64. The summed E-state index contributed by atoms with van der Waals surface area (Å²) in [6, 6.07) is 5.09. The number of benzene rings is 1. The van der Waals surface area contributed by atoms with Gasteiger partial charge in [-0.25, -0.2) is 0 Å². The second kappa shape index (κ2) is 3.68. The second-order valence-corrected chi connectivity index (χ2v) is 4.08. The van der Waals surface area contributed by atoms with Crippen LogP contribution >= 0.6 is 23.2 Å². The molecule has 0 saturated heterocycles. The first-order valence-corrected chi connectivity index (χ1v) is 5.07. The van der Waals surface area contributed by atoms with Gasteiger partial charge in [-0.2, -0.15) is 0 Å². The number of aliphatic hydroxyl groups excluding tert-OH is 1. The molecule has 0 amide bonds. The van der Waals surface area contributed by atoms with Crippen LogP contribution in [0.2, 0.25) is 10.0 Å². The van der Waals surface area contributed by atoms with Gasteiger partial charge in [-0.15, -0.1) is 0 Å². The van der Waals surface area contributed by atoms with Gasteiger partial charge in [-0.1, -0.05) is 23.2 Å². The minimum Gasteiger partial charge on any atom is -0.363 e. The molecule has 0 aliphatic rings. The molecule has 0 fully saturated rings. The summed E-state index contributed by atoms with van der Waals surface area (Å²) in [5.41, 5.74) is 1.20. The van der Waals surface area contributed by atoms with Crippen molar-refractivity contribution in [2.75, 3.05) is 0 Å². The number of nitrogens with zero attached hydrogens (tertiary/aromatic N) is 1. The van der Waals surface area contributed by atoms with Crippen LogP contribution in [-0.4, -0.2) is 14.8 Å². The van der Waals surface area contributed by atoms with Gasteiger partial charge in [0.25, 0.3) is 0 Å². The Hall–Kier alpha value is -0.740. The van der Waals surface area contributed by atoms with Crippen molar-refractivity contribution in [2.24, 2.45) is 7.05 Å². The Morgan fingerprint density at radius 3 is 2.53 bits per heavy atom. The highest BCUT2D eigenvalue weighted by Gasteiger charge is 2.14. The van der Waals surface area contributed by atoms with E-state index in [4.69, 9.17) is 33.4 Å². The molecule has 15 heavy (non-hydrogen) atoms. The van der Waals surface area contributed by atoms with E-state index in [-0.39, 0.29) is 0 Å². The molecule has 80 valence electrons. The van der Waals surface area contributed by atoms with Gasteiger partial charge in [0.05, 0.1) is 15.7 Å². The van der Waals surface area contributed by atoms with Crippen LogP contribution in [0.1, 0.15) is 12.0 Å². The minimum absolute atomic E-state index is 0.383. The molecule has 2 N–H and O–H groups in total. The largest absolute Gasteiger partial charge is 0.363 e. The maximum Gasteiger partial charge on any atom is 0.194 e. The van der Waals surface area contributed by atoms with Crippen molar-refractivity contribution in [2.45, 2.75) is 6.29 Å². The van der Waals surface area contributed by atoms with Crippen LogP contribution in [0, 0.1) is 0 Å². The number of rotatable bonds is 1. The third-order valence-corrected chi connectivity index (χ3v) is 3.23. The lowest BCUT2D eigenvalue weighted by Gasteiger charge is -2.05. The smallest absolute Gasteiger partial charge is 0.194 e. The van der Waals surface area contributed by atoms with Gasteiger partial charge < -0.3 is 14.8 Å². The van der Waals surface area contributed by atoms with Crippen LogP contribution in [-0.2, 0) is 7.05 Å². The number of hydrogen-bond acceptors (Lipinski definition) is 2. The lowest BCUT2D eigenvalue weighted by molar-refractivity contribution is -0.0475. The number of hydrogen-bond donors (Lipinski definition) is 2. The van der Waals surface area contributed by atoms with Crippen LogP contribution in [0.25, 0.3) is 10.9 Å². The first-order chi connectivity index (χ1) is 7.02. The lowest BCUT2D eigenvalue weighted by atomic mass is 10.2. The highest BCUT2D eigenvalue weighted by atomic mass is 35.5. The molecule has 0 bridgehead atoms. The fourth-order valence-electron chi connectivity index (χ4n) is 1.62. The maximum atomic E-state index is 9.12. The van der Waals surface area contributed by atoms with E-state index in [9.17, 15) is 0 Å². The highest BCUT2D eigenvalue weighted by Crippen LogP contribution is 2.33. The molecule has 2 aromatic rings. The minimum atomic E-state index is -1.52. The third kappa shape index (κ3) is 1.62. The molecule has 5 heteroatoms. The standard InChI is InChI=1S/C10H9Cl2NO2/c1-13-7-3-2-6(11)9(12)5(7)4-8(13)10(14)15/h2-4,10,14-15H,1H3. The molecule has 0 unspecified atom stereocenters. The van der Waals surface area contributed by atoms with Crippen molar-refractivity contribution < 1.29 is 10.2 Å². The van der Waals surface area contributed by atoms with Crippen molar-refractivity contribution >= 4 is 34.1 Å². The van der Waals surface area contributed by atoms with E-state index in [2.05, 4.69) is 0 Å². The Morgan fingerprint density at radius 1 is 1.27 bits per heavy atom. The molecule has 1 aromatic heterocycles. The van der Waals surface area contributed by atoms with E-state index in [0.29, 0.717) is 15.7 Å². The molecular weight excluding hydrogens is 237 g/mol. The molecular formula is C10H9Cl2NO2. The van der Waals surface area contributed by atoms with Gasteiger partial charge >= 0.3 is 0 Å². The van der Waals surface area contributed by atoms with Crippen LogP contribution in [0.15, 0.2) is 18.2 Å². The van der Waals surface area contributed by atoms with Crippen LogP contribution in [0.5, 0.6) is 0 Å². The molecule has 2 rings (SSSR count). The Bertz CT molecular complexity index is 520. The predicted molar refractivity (Wildman–Crippen MR) is 60.1 cm³/mol. The van der Waals surface area contributed by atoms with E-state index in [0.717, 1.165) is 10.9 Å². The fraction of sp³-hybridized carbons (Fsp3) is 0.200. The molecule has 0 spiro atoms. The van der Waals surface area contributed by atoms with Gasteiger partial charge in [0, 0.05) is 18.0 Å². The van der Waals surface area contributed by atoms with Crippen molar-refractivity contribution in [1.82, 2.24) is 4.57 Å². The van der Waals surface area contributed by atoms with Gasteiger partial charge in [0.2, 0.25) is 0 Å². The molecule has 0 saturated carbocycles. The van der Waals surface area contributed by atoms with Gasteiger partial charge in [-0.3, -0.25) is 0 Å². The van der Waals surface area contributed by atoms with Crippen molar-refractivity contribution in [1.29, 1.82) is 0 Å². The normalized spacial score (nSPS) is 11.6. The van der Waals surface area contributed by atoms with E-state index in [1.54, 1.807) is 29.8 Å². The first kappa shape index (κ1) is 10.8. The van der Waals surface area contributed by atoms with E-state index >= 15 is 0 Å². The Morgan fingerprint density at radius 2 is 1.93 bits per heavy atom. The lowest BCUT2D eigenvalue weighted by Crippen LogP contribution is -2.01. The van der Waals surface area contributed by atoms with E-state index in [1.165, 1.54) is 0 Å². The molecule has 1 heterocycles. The molecule has 0 aliphatic carbocycles. The summed E-state index contributed by atoms with van der Waals surface area (Å²) in [5, 5.41) is 19.8. The molecule has 3 nitrogen and oxygen atoms in total. The number of aromatic nitrogens is 1. The predicted octanol–water partition coefficient (Wildman–Crippen LogP) is 2.47. The molecule has 1 aromatic carbocycles. The summed E-state index contributed by atoms with van der Waals surface area (Å²) in [4.78, 5) is 0. The van der Waals surface area contributed by atoms with E-state index in [1.807, 2.05) is 0 Å². The SMILES string of the molecule is Cn1c(C(O)O)cc2c(Cl)c(Cl)ccc21. The quantitative estimate of drug-likeness (QED) is 0.759. The summed E-state index contributed by atoms with van der Waals surface area (Å²) in [6.45, 7) is 0. The summed E-state index contributed by atoms with van der Waals surface area (Å²) in [7, 11) is 1.74. The zero-order valence-electron chi connectivity index (χ0n) is 7.91. The zero-order valence-corrected chi connectivity index (χ0v) is 9.42. The van der Waals surface area contributed by atoms with Crippen molar-refractivity contribution in [3.8, 4) is 0 Å². The average molecular weight is 246 g/mol. The van der Waals surface area contributed by atoms with E-state index < -0.39 is 6.29 Å². The average Bonchev–Trinajstić information content (AvgIpc) is 2.51. The monoisotopic (exact) mass is 245 g/mol. The number of aryl methyl sites for hydroxylation is 1. The molecule has 0 aliphatic heterocycles. The summed E-state index contributed by atoms with van der Waals surface area (Å²) < 4.78 is 1.67. The van der Waals surface area contributed by atoms with Gasteiger partial charge in [0.15, 0.2) is 6.29 Å². The summed E-state index contributed by atoms with van der Waals surface area (Å²) in [5.74, 6) is 0. The summed E-state index contributed by atoms with van der Waals surface area (Å²) in [6.07, 6.45) is -1.52. The molecule has 0 atom stereocenters. The second-order valence-electron chi connectivity index (χ2n) is 3.30. The first-order valence-electron chi connectivity index (χ1n) is 4.32. The topological polar surface area (TPSA) is 45.4 Å².